The van der Waals surface area contributed by atoms with E-state index in [1.54, 1.807) is 0 Å². The fourth-order valence-corrected chi connectivity index (χ4v) is 1.91. The summed E-state index contributed by atoms with van der Waals surface area (Å²) in [5, 5.41) is 2.39. The first-order chi connectivity index (χ1) is 8.49. The Balaban J connectivity index is 2.90. The second-order valence-corrected chi connectivity index (χ2v) is 4.75. The lowest BCUT2D eigenvalue weighted by Gasteiger charge is -2.15. The molecule has 1 rings (SSSR count). The van der Waals surface area contributed by atoms with Gasteiger partial charge in [0.05, 0.1) is 12.6 Å². The van der Waals surface area contributed by atoms with E-state index in [1.807, 2.05) is 0 Å². The number of amides is 1. The van der Waals surface area contributed by atoms with Gasteiger partial charge in [-0.3, -0.25) is 4.79 Å². The Morgan fingerprint density at radius 3 is 2.50 bits per heavy atom. The highest BCUT2D eigenvalue weighted by Gasteiger charge is 2.20. The number of hydrogen-bond acceptors (Lipinski definition) is 2. The Kier molecular flexibility index (Phi) is 5.98. The molecular weight excluding hydrogens is 331 g/mol. The molecule has 0 bridgehead atoms. The lowest BCUT2D eigenvalue weighted by atomic mass is 10.1. The van der Waals surface area contributed by atoms with Gasteiger partial charge in [-0.15, -0.1) is 11.6 Å². The van der Waals surface area contributed by atoms with Crippen molar-refractivity contribution in [1.82, 2.24) is 5.32 Å². The SMILES string of the molecule is COCC(CCl)NC(=O)c1c(F)cc(Br)cc1F. The summed E-state index contributed by atoms with van der Waals surface area (Å²) in [7, 11) is 1.44. The zero-order valence-corrected chi connectivity index (χ0v) is 11.8. The molecule has 7 heteroatoms. The number of nitrogens with one attached hydrogen (secondary N) is 1. The van der Waals surface area contributed by atoms with E-state index in [0.29, 0.717) is 0 Å². The molecule has 3 nitrogen and oxygen atoms in total. The Morgan fingerprint density at radius 2 is 2.06 bits per heavy atom. The molecule has 100 valence electrons. The molecule has 0 spiro atoms. The first-order valence-corrected chi connectivity index (χ1v) is 6.32. The minimum atomic E-state index is -0.940. The van der Waals surface area contributed by atoms with Gasteiger partial charge in [0.2, 0.25) is 0 Å². The number of rotatable bonds is 5. The van der Waals surface area contributed by atoms with Crippen LogP contribution in [0.4, 0.5) is 8.78 Å². The van der Waals surface area contributed by atoms with Crippen LogP contribution in [0.1, 0.15) is 10.4 Å². The van der Waals surface area contributed by atoms with Gasteiger partial charge in [-0.05, 0) is 12.1 Å². The molecule has 1 aromatic carbocycles. The molecule has 0 aliphatic carbocycles. The normalized spacial score (nSPS) is 12.3. The van der Waals surface area contributed by atoms with Crippen molar-refractivity contribution in [3.05, 3.63) is 33.8 Å². The van der Waals surface area contributed by atoms with Crippen LogP contribution in [-0.2, 0) is 4.74 Å². The lowest BCUT2D eigenvalue weighted by molar-refractivity contribution is 0.0898. The van der Waals surface area contributed by atoms with Crippen LogP contribution < -0.4 is 5.32 Å². The smallest absolute Gasteiger partial charge is 0.257 e. The number of methoxy groups -OCH3 is 1. The van der Waals surface area contributed by atoms with Crippen molar-refractivity contribution >= 4 is 33.4 Å². The van der Waals surface area contributed by atoms with Crippen LogP contribution in [0.15, 0.2) is 16.6 Å². The second-order valence-electron chi connectivity index (χ2n) is 3.52. The quantitative estimate of drug-likeness (QED) is 0.836. The average Bonchev–Trinajstić information content (AvgIpc) is 2.26. The van der Waals surface area contributed by atoms with Gasteiger partial charge in [-0.25, -0.2) is 8.78 Å². The maximum atomic E-state index is 13.5. The summed E-state index contributed by atoms with van der Waals surface area (Å²) in [6, 6.07) is 1.53. The van der Waals surface area contributed by atoms with E-state index in [4.69, 9.17) is 16.3 Å². The topological polar surface area (TPSA) is 38.3 Å². The first-order valence-electron chi connectivity index (χ1n) is 5.00. The van der Waals surface area contributed by atoms with Crippen LogP contribution in [0, 0.1) is 11.6 Å². The van der Waals surface area contributed by atoms with Gasteiger partial charge < -0.3 is 10.1 Å². The number of carbonyl (C=O) groups excluding carboxylic acids is 1. The maximum absolute atomic E-state index is 13.5. The largest absolute Gasteiger partial charge is 0.383 e. The molecule has 1 atom stereocenters. The summed E-state index contributed by atoms with van der Waals surface area (Å²) in [6.07, 6.45) is 0. The van der Waals surface area contributed by atoms with Crippen LogP contribution in [0.5, 0.6) is 0 Å². The maximum Gasteiger partial charge on any atom is 0.257 e. The van der Waals surface area contributed by atoms with Crippen LogP contribution in [0.3, 0.4) is 0 Å². The van der Waals surface area contributed by atoms with Crippen molar-refractivity contribution in [2.75, 3.05) is 19.6 Å². The van der Waals surface area contributed by atoms with Gasteiger partial charge in [-0.2, -0.15) is 0 Å². The highest BCUT2D eigenvalue weighted by molar-refractivity contribution is 9.10. The summed E-state index contributed by atoms with van der Waals surface area (Å²) in [5.41, 5.74) is -0.635. The fourth-order valence-electron chi connectivity index (χ4n) is 1.34. The highest BCUT2D eigenvalue weighted by Crippen LogP contribution is 2.19. The number of carbonyl (C=O) groups is 1. The van der Waals surface area contributed by atoms with Crippen molar-refractivity contribution < 1.29 is 18.3 Å². The van der Waals surface area contributed by atoms with Gasteiger partial charge in [-0.1, -0.05) is 15.9 Å². The van der Waals surface area contributed by atoms with Gasteiger partial charge in [0.25, 0.3) is 5.91 Å². The molecule has 0 aliphatic heterocycles. The third-order valence-electron chi connectivity index (χ3n) is 2.12. The van der Waals surface area contributed by atoms with E-state index < -0.39 is 29.1 Å². The minimum Gasteiger partial charge on any atom is -0.383 e. The van der Waals surface area contributed by atoms with Crippen molar-refractivity contribution in [3.63, 3.8) is 0 Å². The molecule has 0 heterocycles. The van der Waals surface area contributed by atoms with Gasteiger partial charge >= 0.3 is 0 Å². The van der Waals surface area contributed by atoms with E-state index in [9.17, 15) is 13.6 Å². The molecule has 0 saturated heterocycles. The number of hydrogen-bond donors (Lipinski definition) is 1. The van der Waals surface area contributed by atoms with Crippen LogP contribution in [0.2, 0.25) is 0 Å². The predicted molar refractivity (Wildman–Crippen MR) is 67.9 cm³/mol. The first kappa shape index (κ1) is 15.3. The van der Waals surface area contributed by atoms with Crippen molar-refractivity contribution in [3.8, 4) is 0 Å². The third-order valence-corrected chi connectivity index (χ3v) is 2.95. The lowest BCUT2D eigenvalue weighted by Crippen LogP contribution is -2.40. The molecule has 0 radical (unpaired) electrons. The number of benzene rings is 1. The zero-order chi connectivity index (χ0) is 13.7. The van der Waals surface area contributed by atoms with Crippen molar-refractivity contribution in [1.29, 1.82) is 0 Å². The molecule has 0 fully saturated rings. The summed E-state index contributed by atoms with van der Waals surface area (Å²) in [4.78, 5) is 11.7. The van der Waals surface area contributed by atoms with E-state index >= 15 is 0 Å². The minimum absolute atomic E-state index is 0.0827. The van der Waals surface area contributed by atoms with Crippen LogP contribution in [-0.4, -0.2) is 31.5 Å². The molecule has 0 aromatic heterocycles. The van der Waals surface area contributed by atoms with Gasteiger partial charge in [0.1, 0.15) is 17.2 Å². The van der Waals surface area contributed by atoms with E-state index in [1.165, 1.54) is 7.11 Å². The van der Waals surface area contributed by atoms with Gasteiger partial charge in [0.15, 0.2) is 0 Å². The summed E-state index contributed by atoms with van der Waals surface area (Å²) >= 11 is 8.53. The van der Waals surface area contributed by atoms with E-state index in [0.717, 1.165) is 12.1 Å². The van der Waals surface area contributed by atoms with E-state index in [2.05, 4.69) is 21.2 Å². The number of halogens is 4. The number of ether oxygens (including phenoxy) is 1. The summed E-state index contributed by atoms with van der Waals surface area (Å²) in [6.45, 7) is 0.162. The Bertz CT molecular complexity index is 422. The van der Waals surface area contributed by atoms with Crippen LogP contribution in [0.25, 0.3) is 0 Å². The molecule has 0 saturated carbocycles. The molecule has 1 unspecified atom stereocenters. The average molecular weight is 343 g/mol. The number of alkyl halides is 1. The molecule has 1 amide bonds. The van der Waals surface area contributed by atoms with Gasteiger partial charge in [0, 0.05) is 17.5 Å². The Labute approximate surface area is 117 Å². The predicted octanol–water partition coefficient (Wildman–Crippen LogP) is 2.71. The fraction of sp³-hybridized carbons (Fsp3) is 0.364. The summed E-state index contributed by atoms with van der Waals surface area (Å²) < 4.78 is 32.1. The Hall–Kier alpha value is -0.720. The molecular formula is C11H11BrClF2NO2. The highest BCUT2D eigenvalue weighted by atomic mass is 79.9. The third kappa shape index (κ3) is 3.90. The zero-order valence-electron chi connectivity index (χ0n) is 9.47. The molecule has 1 aromatic rings. The Morgan fingerprint density at radius 1 is 1.50 bits per heavy atom. The van der Waals surface area contributed by atoms with Crippen LogP contribution >= 0.6 is 27.5 Å². The second kappa shape index (κ2) is 7.01. The molecule has 0 aliphatic rings. The monoisotopic (exact) mass is 341 g/mol. The summed E-state index contributed by atoms with van der Waals surface area (Å²) in [5.74, 6) is -2.66. The molecule has 1 N–H and O–H groups in total. The van der Waals surface area contributed by atoms with E-state index in [-0.39, 0.29) is 17.0 Å². The molecule has 18 heavy (non-hydrogen) atoms. The van der Waals surface area contributed by atoms with Crippen molar-refractivity contribution in [2.45, 2.75) is 6.04 Å². The van der Waals surface area contributed by atoms with Crippen molar-refractivity contribution in [2.24, 2.45) is 0 Å². The standard InChI is InChI=1S/C11H11BrClF2NO2/c1-18-5-7(4-13)16-11(17)10-8(14)2-6(12)3-9(10)15/h2-3,7H,4-5H2,1H3,(H,16,17).